The lowest BCUT2D eigenvalue weighted by atomic mass is 9.95. The van der Waals surface area contributed by atoms with Gasteiger partial charge in [0.2, 0.25) is 0 Å². The van der Waals surface area contributed by atoms with Gasteiger partial charge >= 0.3 is 5.97 Å². The Labute approximate surface area is 86.5 Å². The van der Waals surface area contributed by atoms with Gasteiger partial charge in [0, 0.05) is 5.97 Å². The molecule has 0 N–H and O–H groups in total. The largest absolute Gasteiger partial charge is 0.550 e. The molecular formula is C11H9O4-. The molecule has 0 aliphatic carbocycles. The summed E-state index contributed by atoms with van der Waals surface area (Å²) in [7, 11) is 0. The highest BCUT2D eigenvalue weighted by atomic mass is 16.6. The van der Waals surface area contributed by atoms with Crippen molar-refractivity contribution in [3.05, 3.63) is 35.9 Å². The predicted octanol–water partition coefficient (Wildman–Crippen LogP) is 0.0407. The van der Waals surface area contributed by atoms with Crippen molar-refractivity contribution in [2.75, 3.05) is 0 Å². The second-order valence-corrected chi connectivity index (χ2v) is 3.45. The quantitative estimate of drug-likeness (QED) is 0.639. The number of carboxylic acids is 1. The van der Waals surface area contributed by atoms with Crippen LogP contribution in [-0.4, -0.2) is 11.9 Å². The van der Waals surface area contributed by atoms with Crippen LogP contribution in [0.15, 0.2) is 30.3 Å². The molecule has 1 aromatic carbocycles. The van der Waals surface area contributed by atoms with Crippen molar-refractivity contribution in [3.8, 4) is 0 Å². The van der Waals surface area contributed by atoms with Gasteiger partial charge in [0.25, 0.3) is 0 Å². The van der Waals surface area contributed by atoms with Crippen molar-refractivity contribution in [1.82, 2.24) is 0 Å². The van der Waals surface area contributed by atoms with Crippen LogP contribution in [-0.2, 0) is 14.3 Å². The number of aliphatic carboxylic acids is 1. The monoisotopic (exact) mass is 205 g/mol. The Morgan fingerprint density at radius 2 is 2.00 bits per heavy atom. The number of carbonyl (C=O) groups excluding carboxylic acids is 2. The van der Waals surface area contributed by atoms with Gasteiger partial charge in [-0.3, -0.25) is 4.79 Å². The van der Waals surface area contributed by atoms with Gasteiger partial charge in [-0.2, -0.15) is 0 Å². The van der Waals surface area contributed by atoms with Gasteiger partial charge in [0.1, 0.15) is 6.10 Å². The number of cyclic esters (lactones) is 1. The summed E-state index contributed by atoms with van der Waals surface area (Å²) in [6.07, 6.45) is -0.814. The van der Waals surface area contributed by atoms with Gasteiger partial charge < -0.3 is 14.6 Å². The number of esters is 1. The molecule has 1 fully saturated rings. The molecule has 0 aromatic heterocycles. The molecule has 1 saturated heterocycles. The molecule has 2 atom stereocenters. The maximum Gasteiger partial charge on any atom is 0.307 e. The molecule has 0 radical (unpaired) electrons. The molecule has 0 bridgehead atoms. The van der Waals surface area contributed by atoms with Crippen molar-refractivity contribution in [3.63, 3.8) is 0 Å². The Kier molecular flexibility index (Phi) is 2.41. The molecule has 78 valence electrons. The van der Waals surface area contributed by atoms with Crippen molar-refractivity contribution in [1.29, 1.82) is 0 Å². The predicted molar refractivity (Wildman–Crippen MR) is 48.4 cm³/mol. The van der Waals surface area contributed by atoms with E-state index in [-0.39, 0.29) is 6.42 Å². The zero-order chi connectivity index (χ0) is 10.8. The topological polar surface area (TPSA) is 66.4 Å². The highest BCUT2D eigenvalue weighted by molar-refractivity contribution is 5.81. The standard InChI is InChI=1S/C11H10O4/c12-9-6-8(11(13)14)10(15-9)7-4-2-1-3-5-7/h1-5,8,10H,6H2,(H,13,14)/p-1/t8-,10+/m0/s1. The number of hydrogen-bond acceptors (Lipinski definition) is 4. The summed E-state index contributed by atoms with van der Waals surface area (Å²) in [5.74, 6) is -2.60. The maximum atomic E-state index is 11.0. The molecule has 1 heterocycles. The van der Waals surface area contributed by atoms with Crippen LogP contribution in [0, 0.1) is 5.92 Å². The van der Waals surface area contributed by atoms with Crippen LogP contribution in [0.1, 0.15) is 18.1 Å². The van der Waals surface area contributed by atoms with Crippen molar-refractivity contribution in [2.45, 2.75) is 12.5 Å². The van der Waals surface area contributed by atoms with E-state index < -0.39 is 24.0 Å². The second-order valence-electron chi connectivity index (χ2n) is 3.45. The summed E-state index contributed by atoms with van der Waals surface area (Å²) in [4.78, 5) is 21.8. The van der Waals surface area contributed by atoms with E-state index >= 15 is 0 Å². The van der Waals surface area contributed by atoms with Crippen LogP contribution in [0.4, 0.5) is 0 Å². The van der Waals surface area contributed by atoms with Crippen molar-refractivity contribution in [2.24, 2.45) is 5.92 Å². The molecule has 4 nitrogen and oxygen atoms in total. The van der Waals surface area contributed by atoms with E-state index in [2.05, 4.69) is 0 Å². The fourth-order valence-corrected chi connectivity index (χ4v) is 1.71. The number of hydrogen-bond donors (Lipinski definition) is 0. The first-order valence-corrected chi connectivity index (χ1v) is 4.64. The summed E-state index contributed by atoms with van der Waals surface area (Å²) in [5.41, 5.74) is 0.692. The minimum atomic E-state index is -1.24. The van der Waals surface area contributed by atoms with E-state index in [0.717, 1.165) is 0 Å². The minimum Gasteiger partial charge on any atom is -0.550 e. The minimum absolute atomic E-state index is 0.109. The number of carboxylic acid groups (broad SMARTS) is 1. The first-order valence-electron chi connectivity index (χ1n) is 4.64. The van der Waals surface area contributed by atoms with Gasteiger partial charge in [-0.25, -0.2) is 0 Å². The van der Waals surface area contributed by atoms with Gasteiger partial charge in [0.05, 0.1) is 12.3 Å². The second kappa shape index (κ2) is 3.73. The lowest BCUT2D eigenvalue weighted by Gasteiger charge is -2.18. The lowest BCUT2D eigenvalue weighted by molar-refractivity contribution is -0.312. The van der Waals surface area contributed by atoms with Crippen molar-refractivity contribution >= 4 is 11.9 Å². The summed E-state index contributed by atoms with van der Waals surface area (Å²) in [6, 6.07) is 8.83. The molecule has 0 saturated carbocycles. The molecule has 2 rings (SSSR count). The fourth-order valence-electron chi connectivity index (χ4n) is 1.71. The van der Waals surface area contributed by atoms with Crippen LogP contribution in [0.5, 0.6) is 0 Å². The Hall–Kier alpha value is -1.84. The number of carbonyl (C=O) groups is 2. The van der Waals surface area contributed by atoms with Gasteiger partial charge in [-0.15, -0.1) is 0 Å². The normalized spacial score (nSPS) is 24.9. The van der Waals surface area contributed by atoms with E-state index in [4.69, 9.17) is 4.74 Å². The van der Waals surface area contributed by atoms with E-state index in [9.17, 15) is 14.7 Å². The van der Waals surface area contributed by atoms with Crippen LogP contribution in [0.25, 0.3) is 0 Å². The molecule has 15 heavy (non-hydrogen) atoms. The number of benzene rings is 1. The summed E-state index contributed by atoms with van der Waals surface area (Å²) in [6.45, 7) is 0. The van der Waals surface area contributed by atoms with Gasteiger partial charge in [0.15, 0.2) is 0 Å². The number of rotatable bonds is 2. The Bertz CT molecular complexity index is 385. The molecule has 1 aromatic rings. The van der Waals surface area contributed by atoms with E-state index in [0.29, 0.717) is 5.56 Å². The maximum absolute atomic E-state index is 11.0. The van der Waals surface area contributed by atoms with Gasteiger partial charge in [-0.1, -0.05) is 30.3 Å². The molecule has 1 aliphatic rings. The van der Waals surface area contributed by atoms with Crippen molar-refractivity contribution < 1.29 is 19.4 Å². The number of ether oxygens (including phenoxy) is 1. The third kappa shape index (κ3) is 1.83. The first kappa shape index (κ1) is 9.71. The summed E-state index contributed by atoms with van der Waals surface area (Å²) in [5, 5.41) is 10.8. The van der Waals surface area contributed by atoms with Crippen LogP contribution >= 0.6 is 0 Å². The van der Waals surface area contributed by atoms with E-state index in [1.165, 1.54) is 0 Å². The molecular weight excluding hydrogens is 196 g/mol. The van der Waals surface area contributed by atoms with Crippen LogP contribution in [0.2, 0.25) is 0 Å². The summed E-state index contributed by atoms with van der Waals surface area (Å²) >= 11 is 0. The Balaban J connectivity index is 2.28. The third-order valence-corrected chi connectivity index (χ3v) is 2.44. The molecule has 1 aliphatic heterocycles. The third-order valence-electron chi connectivity index (χ3n) is 2.44. The molecule has 0 spiro atoms. The first-order chi connectivity index (χ1) is 7.18. The average Bonchev–Trinajstić information content (AvgIpc) is 2.62. The average molecular weight is 205 g/mol. The smallest absolute Gasteiger partial charge is 0.307 e. The van der Waals surface area contributed by atoms with Crippen LogP contribution in [0.3, 0.4) is 0 Å². The molecule has 0 unspecified atom stereocenters. The van der Waals surface area contributed by atoms with Gasteiger partial charge in [-0.05, 0) is 5.56 Å². The Morgan fingerprint density at radius 3 is 2.60 bits per heavy atom. The highest BCUT2D eigenvalue weighted by Crippen LogP contribution is 2.34. The molecule has 4 heteroatoms. The molecule has 0 amide bonds. The SMILES string of the molecule is O=C1C[C@H](C(=O)[O-])[C@@H](c2ccccc2)O1. The highest BCUT2D eigenvalue weighted by Gasteiger charge is 2.36. The van der Waals surface area contributed by atoms with E-state index in [1.54, 1.807) is 24.3 Å². The lowest BCUT2D eigenvalue weighted by Crippen LogP contribution is -2.32. The summed E-state index contributed by atoms with van der Waals surface area (Å²) < 4.78 is 4.96. The Morgan fingerprint density at radius 1 is 1.33 bits per heavy atom. The van der Waals surface area contributed by atoms with Crippen LogP contribution < -0.4 is 5.11 Å². The zero-order valence-electron chi connectivity index (χ0n) is 7.88. The fraction of sp³-hybridized carbons (Fsp3) is 0.273. The van der Waals surface area contributed by atoms with E-state index in [1.807, 2.05) is 6.07 Å². The zero-order valence-corrected chi connectivity index (χ0v) is 7.88.